The summed E-state index contributed by atoms with van der Waals surface area (Å²) in [5, 5.41) is 0. The molecule has 0 amide bonds. The van der Waals surface area contributed by atoms with Crippen LogP contribution in [-0.4, -0.2) is 21.5 Å². The van der Waals surface area contributed by atoms with E-state index in [1.54, 1.807) is 24.3 Å². The Morgan fingerprint density at radius 3 is 1.82 bits per heavy atom. The lowest BCUT2D eigenvalue weighted by atomic mass is 9.93. The maximum absolute atomic E-state index is 14.2. The van der Waals surface area contributed by atoms with Gasteiger partial charge >= 0.3 is 0 Å². The maximum Gasteiger partial charge on any atom is 0.231 e. The Hall–Kier alpha value is -2.93. The minimum atomic E-state index is -3.33. The fourth-order valence-electron chi connectivity index (χ4n) is 3.10. The lowest BCUT2D eigenvalue weighted by Gasteiger charge is -2.13. The van der Waals surface area contributed by atoms with Gasteiger partial charge in [0.15, 0.2) is 21.3 Å². The number of hydrogen-bond donors (Lipinski definition) is 0. The summed E-state index contributed by atoms with van der Waals surface area (Å²) in [4.78, 5) is 0.186. The summed E-state index contributed by atoms with van der Waals surface area (Å²) in [7, 11) is -3.33. The molecule has 0 atom stereocenters. The van der Waals surface area contributed by atoms with E-state index in [-0.39, 0.29) is 17.3 Å². The number of fused-ring (bicyclic) bond motifs is 1. The van der Waals surface area contributed by atoms with E-state index >= 15 is 0 Å². The zero-order valence-electron chi connectivity index (χ0n) is 15.1. The predicted octanol–water partition coefficient (Wildman–Crippen LogP) is 4.74. The molecular weight excluding hydrogens is 386 g/mol. The van der Waals surface area contributed by atoms with Crippen molar-refractivity contribution < 1.29 is 26.7 Å². The molecule has 1 aliphatic heterocycles. The van der Waals surface area contributed by atoms with Crippen LogP contribution in [0, 0.1) is 18.6 Å². The highest BCUT2D eigenvalue weighted by atomic mass is 32.2. The second-order valence-electron chi connectivity index (χ2n) is 6.61. The summed E-state index contributed by atoms with van der Waals surface area (Å²) in [5.74, 6) is -0.302. The van der Waals surface area contributed by atoms with Crippen LogP contribution in [0.4, 0.5) is 8.78 Å². The summed E-state index contributed by atoms with van der Waals surface area (Å²) in [6.45, 7) is 1.43. The third-order valence-corrected chi connectivity index (χ3v) is 5.83. The van der Waals surface area contributed by atoms with Gasteiger partial charge in [-0.3, -0.25) is 0 Å². The standard InChI is InChI=1S/C21H16F2O4S/c1-12-18(22)7-14(8-19(12)23)17-10-21-20(26-11-27-21)9-16(17)13-3-5-15(6-4-13)28(2,24)25/h3-10H,11H2,1-2H3. The Kier molecular flexibility index (Phi) is 4.34. The highest BCUT2D eigenvalue weighted by molar-refractivity contribution is 7.90. The van der Waals surface area contributed by atoms with Crippen molar-refractivity contribution in [2.24, 2.45) is 0 Å². The average Bonchev–Trinajstić information content (AvgIpc) is 3.11. The molecular formula is C21H16F2O4S. The van der Waals surface area contributed by atoms with Crippen LogP contribution >= 0.6 is 0 Å². The van der Waals surface area contributed by atoms with Crippen molar-refractivity contribution in [3.05, 3.63) is 65.7 Å². The summed E-state index contributed by atoms with van der Waals surface area (Å²) >= 11 is 0. The van der Waals surface area contributed by atoms with Gasteiger partial charge in [0.05, 0.1) is 4.90 Å². The second kappa shape index (κ2) is 6.60. The monoisotopic (exact) mass is 402 g/mol. The third-order valence-electron chi connectivity index (χ3n) is 4.70. The van der Waals surface area contributed by atoms with Crippen LogP contribution in [0.2, 0.25) is 0 Å². The third kappa shape index (κ3) is 3.22. The predicted molar refractivity (Wildman–Crippen MR) is 101 cm³/mol. The van der Waals surface area contributed by atoms with E-state index in [9.17, 15) is 17.2 Å². The molecule has 4 nitrogen and oxygen atoms in total. The molecule has 0 bridgehead atoms. The summed E-state index contributed by atoms with van der Waals surface area (Å²) in [6, 6.07) is 12.2. The number of hydrogen-bond acceptors (Lipinski definition) is 4. The zero-order chi connectivity index (χ0) is 20.1. The maximum atomic E-state index is 14.2. The molecule has 144 valence electrons. The molecule has 4 rings (SSSR count). The molecule has 0 spiro atoms. The van der Waals surface area contributed by atoms with Crippen molar-refractivity contribution in [2.45, 2.75) is 11.8 Å². The van der Waals surface area contributed by atoms with E-state index in [1.165, 1.54) is 31.2 Å². The van der Waals surface area contributed by atoms with Crippen LogP contribution < -0.4 is 9.47 Å². The Labute approximate surface area is 161 Å². The van der Waals surface area contributed by atoms with Crippen LogP contribution in [0.15, 0.2) is 53.4 Å². The van der Waals surface area contributed by atoms with E-state index in [0.29, 0.717) is 33.8 Å². The number of ether oxygens (including phenoxy) is 2. The van der Waals surface area contributed by atoms with Gasteiger partial charge in [0.25, 0.3) is 0 Å². The van der Waals surface area contributed by atoms with Gasteiger partial charge in [0.1, 0.15) is 11.6 Å². The molecule has 0 N–H and O–H groups in total. The first-order valence-electron chi connectivity index (χ1n) is 8.44. The lowest BCUT2D eigenvalue weighted by molar-refractivity contribution is 0.174. The molecule has 0 saturated carbocycles. The van der Waals surface area contributed by atoms with E-state index in [2.05, 4.69) is 0 Å². The van der Waals surface area contributed by atoms with Crippen LogP contribution in [0.3, 0.4) is 0 Å². The first kappa shape index (κ1) is 18.4. The van der Waals surface area contributed by atoms with Crippen LogP contribution in [0.25, 0.3) is 22.3 Å². The van der Waals surface area contributed by atoms with Gasteiger partial charge in [-0.25, -0.2) is 17.2 Å². The molecule has 0 radical (unpaired) electrons. The first-order chi connectivity index (χ1) is 13.2. The Morgan fingerprint density at radius 2 is 1.32 bits per heavy atom. The highest BCUT2D eigenvalue weighted by Crippen LogP contribution is 2.43. The summed E-state index contributed by atoms with van der Waals surface area (Å²) in [6.07, 6.45) is 1.13. The fourth-order valence-corrected chi connectivity index (χ4v) is 3.73. The van der Waals surface area contributed by atoms with Crippen LogP contribution in [-0.2, 0) is 9.84 Å². The van der Waals surface area contributed by atoms with Gasteiger partial charge in [-0.05, 0) is 65.6 Å². The summed E-state index contributed by atoms with van der Waals surface area (Å²) in [5.41, 5.74) is 2.17. The van der Waals surface area contributed by atoms with Crippen molar-refractivity contribution in [3.63, 3.8) is 0 Å². The fraction of sp³-hybridized carbons (Fsp3) is 0.143. The number of halogens is 2. The van der Waals surface area contributed by atoms with E-state index < -0.39 is 21.5 Å². The molecule has 3 aromatic carbocycles. The lowest BCUT2D eigenvalue weighted by Crippen LogP contribution is -1.97. The van der Waals surface area contributed by atoms with Crippen molar-refractivity contribution in [2.75, 3.05) is 13.0 Å². The smallest absolute Gasteiger partial charge is 0.231 e. The van der Waals surface area contributed by atoms with Crippen LogP contribution in [0.1, 0.15) is 5.56 Å². The average molecular weight is 402 g/mol. The van der Waals surface area contributed by atoms with Gasteiger partial charge in [0, 0.05) is 11.8 Å². The van der Waals surface area contributed by atoms with Gasteiger partial charge in [-0.2, -0.15) is 0 Å². The minimum Gasteiger partial charge on any atom is -0.454 e. The quantitative estimate of drug-likeness (QED) is 0.635. The normalized spacial score (nSPS) is 13.0. The topological polar surface area (TPSA) is 52.6 Å². The SMILES string of the molecule is Cc1c(F)cc(-c2cc3c(cc2-c2ccc(S(C)(=O)=O)cc2)OCO3)cc1F. The molecule has 0 fully saturated rings. The van der Waals surface area contributed by atoms with E-state index in [4.69, 9.17) is 9.47 Å². The Balaban J connectivity index is 1.92. The molecule has 0 aliphatic carbocycles. The Morgan fingerprint density at radius 1 is 0.821 bits per heavy atom. The van der Waals surface area contributed by atoms with Crippen molar-refractivity contribution >= 4 is 9.84 Å². The number of sulfone groups is 1. The highest BCUT2D eigenvalue weighted by Gasteiger charge is 2.21. The molecule has 1 aliphatic rings. The van der Waals surface area contributed by atoms with Crippen LogP contribution in [0.5, 0.6) is 11.5 Å². The molecule has 7 heteroatoms. The summed E-state index contributed by atoms with van der Waals surface area (Å²) < 4.78 is 62.6. The molecule has 0 saturated heterocycles. The molecule has 0 unspecified atom stereocenters. The van der Waals surface area contributed by atoms with Gasteiger partial charge in [0.2, 0.25) is 6.79 Å². The van der Waals surface area contributed by atoms with Crippen molar-refractivity contribution in [3.8, 4) is 33.8 Å². The molecule has 3 aromatic rings. The minimum absolute atomic E-state index is 0.0523. The van der Waals surface area contributed by atoms with Gasteiger partial charge < -0.3 is 9.47 Å². The van der Waals surface area contributed by atoms with Crippen molar-refractivity contribution in [1.82, 2.24) is 0 Å². The number of benzene rings is 3. The van der Waals surface area contributed by atoms with E-state index in [0.717, 1.165) is 6.26 Å². The Bertz CT molecular complexity index is 1160. The zero-order valence-corrected chi connectivity index (χ0v) is 15.9. The van der Waals surface area contributed by atoms with Gasteiger partial charge in [-0.1, -0.05) is 12.1 Å². The van der Waals surface area contributed by atoms with Gasteiger partial charge in [-0.15, -0.1) is 0 Å². The largest absolute Gasteiger partial charge is 0.454 e. The van der Waals surface area contributed by atoms with E-state index in [1.807, 2.05) is 0 Å². The first-order valence-corrected chi connectivity index (χ1v) is 10.3. The molecule has 28 heavy (non-hydrogen) atoms. The van der Waals surface area contributed by atoms with Crippen molar-refractivity contribution in [1.29, 1.82) is 0 Å². The molecule has 0 aromatic heterocycles. The second-order valence-corrected chi connectivity index (χ2v) is 8.63. The molecule has 1 heterocycles. The number of rotatable bonds is 3.